The number of hydrogen-bond donors (Lipinski definition) is 1. The molecule has 1 fully saturated rings. The van der Waals surface area contributed by atoms with Gasteiger partial charge in [0.15, 0.2) is 5.78 Å². The molecule has 0 radical (unpaired) electrons. The van der Waals surface area contributed by atoms with Crippen LogP contribution in [0.2, 0.25) is 0 Å². The Kier molecular flexibility index (Phi) is 3.82. The standard InChI is InChI=1S/C10H15NO4/c1-2-3-4-8(10(14)15)11-6-7(12)5-9(11)13/h8H,2-6H2,1H3,(H,14,15)/t8-/m0/s1. The molecule has 5 heteroatoms. The number of rotatable bonds is 5. The summed E-state index contributed by atoms with van der Waals surface area (Å²) < 4.78 is 0. The van der Waals surface area contributed by atoms with E-state index >= 15 is 0 Å². The zero-order chi connectivity index (χ0) is 11.4. The Morgan fingerprint density at radius 3 is 2.60 bits per heavy atom. The van der Waals surface area contributed by atoms with Crippen molar-refractivity contribution in [2.24, 2.45) is 0 Å². The number of Topliss-reactive ketones (excluding diaryl/α,β-unsaturated/α-hetero) is 1. The number of likely N-dealkylation sites (tertiary alicyclic amines) is 1. The molecule has 0 unspecified atom stereocenters. The highest BCUT2D eigenvalue weighted by molar-refractivity contribution is 6.06. The van der Waals surface area contributed by atoms with Gasteiger partial charge in [-0.15, -0.1) is 0 Å². The van der Waals surface area contributed by atoms with Crippen molar-refractivity contribution in [2.75, 3.05) is 6.54 Å². The highest BCUT2D eigenvalue weighted by atomic mass is 16.4. The summed E-state index contributed by atoms with van der Waals surface area (Å²) in [7, 11) is 0. The van der Waals surface area contributed by atoms with Crippen LogP contribution in [-0.4, -0.2) is 40.3 Å². The highest BCUT2D eigenvalue weighted by Crippen LogP contribution is 2.16. The minimum atomic E-state index is -1.02. The van der Waals surface area contributed by atoms with Gasteiger partial charge in [0.2, 0.25) is 5.91 Å². The van der Waals surface area contributed by atoms with E-state index in [9.17, 15) is 14.4 Å². The lowest BCUT2D eigenvalue weighted by atomic mass is 10.1. The van der Waals surface area contributed by atoms with Gasteiger partial charge in [0.25, 0.3) is 0 Å². The van der Waals surface area contributed by atoms with Crippen LogP contribution in [-0.2, 0) is 14.4 Å². The lowest BCUT2D eigenvalue weighted by Gasteiger charge is -2.23. The zero-order valence-electron chi connectivity index (χ0n) is 8.73. The minimum absolute atomic E-state index is 0.0421. The molecule has 84 valence electrons. The fourth-order valence-corrected chi connectivity index (χ4v) is 1.70. The molecule has 1 aliphatic rings. The largest absolute Gasteiger partial charge is 0.480 e. The number of aliphatic carboxylic acids is 1. The Labute approximate surface area is 88.1 Å². The van der Waals surface area contributed by atoms with E-state index in [0.717, 1.165) is 12.8 Å². The van der Waals surface area contributed by atoms with E-state index in [1.54, 1.807) is 0 Å². The van der Waals surface area contributed by atoms with Crippen LogP contribution in [0.1, 0.15) is 32.6 Å². The summed E-state index contributed by atoms with van der Waals surface area (Å²) in [4.78, 5) is 34.5. The van der Waals surface area contributed by atoms with Crippen LogP contribution in [0.3, 0.4) is 0 Å². The molecule has 0 bridgehead atoms. The Balaban J connectivity index is 2.67. The lowest BCUT2D eigenvalue weighted by molar-refractivity contribution is -0.148. The molecule has 1 saturated heterocycles. The average Bonchev–Trinajstić information content (AvgIpc) is 2.46. The number of carbonyl (C=O) groups excluding carboxylic acids is 2. The molecule has 1 rings (SSSR count). The number of nitrogens with zero attached hydrogens (tertiary/aromatic N) is 1. The van der Waals surface area contributed by atoms with Crippen LogP contribution in [0, 0.1) is 0 Å². The lowest BCUT2D eigenvalue weighted by Crippen LogP contribution is -2.42. The maximum Gasteiger partial charge on any atom is 0.326 e. The van der Waals surface area contributed by atoms with Crippen LogP contribution < -0.4 is 0 Å². The smallest absolute Gasteiger partial charge is 0.326 e. The van der Waals surface area contributed by atoms with Gasteiger partial charge in [0, 0.05) is 0 Å². The van der Waals surface area contributed by atoms with Gasteiger partial charge in [-0.25, -0.2) is 4.79 Å². The maximum atomic E-state index is 11.3. The monoisotopic (exact) mass is 213 g/mol. The summed E-state index contributed by atoms with van der Waals surface area (Å²) in [6.45, 7) is 1.91. The van der Waals surface area contributed by atoms with E-state index in [4.69, 9.17) is 5.11 Å². The quantitative estimate of drug-likeness (QED) is 0.672. The Morgan fingerprint density at radius 2 is 2.20 bits per heavy atom. The van der Waals surface area contributed by atoms with Crippen LogP contribution in [0.25, 0.3) is 0 Å². The molecule has 1 heterocycles. The second kappa shape index (κ2) is 4.91. The number of ketones is 1. The first-order valence-electron chi connectivity index (χ1n) is 5.10. The Bertz CT molecular complexity index is 287. The molecule has 0 aromatic carbocycles. The number of carboxylic acids is 1. The fraction of sp³-hybridized carbons (Fsp3) is 0.700. The van der Waals surface area contributed by atoms with Crippen LogP contribution in [0.5, 0.6) is 0 Å². The third-order valence-electron chi connectivity index (χ3n) is 2.51. The molecule has 0 spiro atoms. The van der Waals surface area contributed by atoms with Crippen molar-refractivity contribution >= 4 is 17.7 Å². The molecule has 0 aliphatic carbocycles. The van der Waals surface area contributed by atoms with Gasteiger partial charge in [0.05, 0.1) is 13.0 Å². The summed E-state index contributed by atoms with van der Waals surface area (Å²) in [6, 6.07) is -0.830. The predicted octanol–water partition coefficient (Wildman–Crippen LogP) is 0.431. The molecule has 0 saturated carbocycles. The first-order chi connectivity index (χ1) is 7.06. The van der Waals surface area contributed by atoms with Crippen LogP contribution in [0.15, 0.2) is 0 Å². The van der Waals surface area contributed by atoms with Gasteiger partial charge in [-0.3, -0.25) is 9.59 Å². The molecule has 0 aromatic rings. The summed E-state index contributed by atoms with van der Waals surface area (Å²) in [5.41, 5.74) is 0. The molecular weight excluding hydrogens is 198 g/mol. The minimum Gasteiger partial charge on any atom is -0.480 e. The number of hydrogen-bond acceptors (Lipinski definition) is 3. The van der Waals surface area contributed by atoms with Crippen molar-refractivity contribution in [3.05, 3.63) is 0 Å². The first kappa shape index (κ1) is 11.7. The number of carbonyl (C=O) groups is 3. The molecule has 5 nitrogen and oxygen atoms in total. The van der Waals surface area contributed by atoms with Crippen molar-refractivity contribution in [3.8, 4) is 0 Å². The number of amides is 1. The van der Waals surface area contributed by atoms with Crippen LogP contribution >= 0.6 is 0 Å². The van der Waals surface area contributed by atoms with E-state index in [2.05, 4.69) is 0 Å². The van der Waals surface area contributed by atoms with Crippen molar-refractivity contribution in [3.63, 3.8) is 0 Å². The summed E-state index contributed by atoms with van der Waals surface area (Å²) >= 11 is 0. The number of unbranched alkanes of at least 4 members (excludes halogenated alkanes) is 1. The van der Waals surface area contributed by atoms with E-state index in [1.165, 1.54) is 4.90 Å². The molecule has 1 atom stereocenters. The van der Waals surface area contributed by atoms with Crippen molar-refractivity contribution in [1.82, 2.24) is 4.90 Å². The van der Waals surface area contributed by atoms with E-state index < -0.39 is 12.0 Å². The van der Waals surface area contributed by atoms with E-state index in [0.29, 0.717) is 6.42 Å². The zero-order valence-corrected chi connectivity index (χ0v) is 8.73. The molecule has 1 amide bonds. The molecule has 1 N–H and O–H groups in total. The fourth-order valence-electron chi connectivity index (χ4n) is 1.70. The highest BCUT2D eigenvalue weighted by Gasteiger charge is 2.36. The molecule has 1 aliphatic heterocycles. The average molecular weight is 213 g/mol. The second-order valence-corrected chi connectivity index (χ2v) is 3.73. The normalized spacial score (nSPS) is 18.3. The van der Waals surface area contributed by atoms with Crippen LogP contribution in [0.4, 0.5) is 0 Å². The number of carboxylic acid groups (broad SMARTS) is 1. The Morgan fingerprint density at radius 1 is 1.53 bits per heavy atom. The van der Waals surface area contributed by atoms with Gasteiger partial charge >= 0.3 is 5.97 Å². The SMILES string of the molecule is CCCC[C@@H](C(=O)O)N1CC(=O)CC1=O. The third-order valence-corrected chi connectivity index (χ3v) is 2.51. The van der Waals surface area contributed by atoms with Gasteiger partial charge in [0.1, 0.15) is 6.04 Å². The van der Waals surface area contributed by atoms with Crippen molar-refractivity contribution in [2.45, 2.75) is 38.6 Å². The maximum absolute atomic E-state index is 11.3. The summed E-state index contributed by atoms with van der Waals surface area (Å²) in [5, 5.41) is 8.96. The van der Waals surface area contributed by atoms with Gasteiger partial charge in [-0.1, -0.05) is 19.8 Å². The third kappa shape index (κ3) is 2.78. The van der Waals surface area contributed by atoms with Gasteiger partial charge in [-0.2, -0.15) is 0 Å². The van der Waals surface area contributed by atoms with Crippen molar-refractivity contribution < 1.29 is 19.5 Å². The Hall–Kier alpha value is -1.39. The predicted molar refractivity (Wildman–Crippen MR) is 52.3 cm³/mol. The second-order valence-electron chi connectivity index (χ2n) is 3.73. The summed E-state index contributed by atoms with van der Waals surface area (Å²) in [5.74, 6) is -1.57. The molecule has 15 heavy (non-hydrogen) atoms. The van der Waals surface area contributed by atoms with E-state index in [-0.39, 0.29) is 24.7 Å². The van der Waals surface area contributed by atoms with Gasteiger partial charge < -0.3 is 10.0 Å². The van der Waals surface area contributed by atoms with Gasteiger partial charge in [-0.05, 0) is 6.42 Å². The molecule has 0 aromatic heterocycles. The topological polar surface area (TPSA) is 74.7 Å². The van der Waals surface area contributed by atoms with E-state index in [1.807, 2.05) is 6.92 Å². The first-order valence-corrected chi connectivity index (χ1v) is 5.10. The van der Waals surface area contributed by atoms with Crippen molar-refractivity contribution in [1.29, 1.82) is 0 Å². The molecular formula is C10H15NO4. The summed E-state index contributed by atoms with van der Waals surface area (Å²) in [6.07, 6.45) is 1.90.